The minimum Gasteiger partial charge on any atom is -0.349 e. The van der Waals surface area contributed by atoms with E-state index in [0.717, 1.165) is 22.3 Å². The molecule has 4 nitrogen and oxygen atoms in total. The zero-order valence-corrected chi connectivity index (χ0v) is 13.1. The number of nitrogens with two attached hydrogens (primary N) is 1. The van der Waals surface area contributed by atoms with Crippen LogP contribution in [0.4, 0.5) is 13.2 Å². The molecule has 0 aliphatic rings. The summed E-state index contributed by atoms with van der Waals surface area (Å²) in [7, 11) is 0. The van der Waals surface area contributed by atoms with Gasteiger partial charge in [-0.3, -0.25) is 4.79 Å². The molecule has 0 aliphatic carbocycles. The van der Waals surface area contributed by atoms with Gasteiger partial charge in [-0.15, -0.1) is 11.3 Å². The van der Waals surface area contributed by atoms with E-state index < -0.39 is 23.8 Å². The second-order valence-electron chi connectivity index (χ2n) is 5.07. The van der Waals surface area contributed by atoms with Crippen molar-refractivity contribution >= 4 is 17.2 Å². The molecule has 2 unspecified atom stereocenters. The highest BCUT2D eigenvalue weighted by Crippen LogP contribution is 2.30. The fourth-order valence-corrected chi connectivity index (χ4v) is 2.71. The van der Waals surface area contributed by atoms with E-state index in [4.69, 9.17) is 5.73 Å². The first-order valence-electron chi connectivity index (χ1n) is 6.89. The van der Waals surface area contributed by atoms with E-state index in [0.29, 0.717) is 0 Å². The largest absolute Gasteiger partial charge is 0.434 e. The minimum absolute atomic E-state index is 0.0502. The number of thiazole rings is 1. The highest BCUT2D eigenvalue weighted by atomic mass is 32.1. The predicted molar refractivity (Wildman–Crippen MR) is 81.5 cm³/mol. The maximum absolute atomic E-state index is 12.5. The Labute approximate surface area is 135 Å². The topological polar surface area (TPSA) is 68.0 Å². The second-order valence-corrected chi connectivity index (χ2v) is 6.01. The molecule has 2 atom stereocenters. The molecule has 1 aromatic carbocycles. The number of alkyl halides is 3. The molecule has 1 heterocycles. The molecule has 0 spiro atoms. The van der Waals surface area contributed by atoms with Crippen molar-refractivity contribution in [2.75, 3.05) is 0 Å². The van der Waals surface area contributed by atoms with Gasteiger partial charge in [-0.25, -0.2) is 4.98 Å². The van der Waals surface area contributed by atoms with Crippen LogP contribution >= 0.6 is 11.3 Å². The molecule has 2 aromatic rings. The summed E-state index contributed by atoms with van der Waals surface area (Å²) in [6, 6.07) is 8.66. The van der Waals surface area contributed by atoms with Crippen molar-refractivity contribution in [3.8, 4) is 0 Å². The summed E-state index contributed by atoms with van der Waals surface area (Å²) < 4.78 is 37.4. The van der Waals surface area contributed by atoms with E-state index in [1.165, 1.54) is 0 Å². The lowest BCUT2D eigenvalue weighted by molar-refractivity contribution is -0.140. The number of carbonyl (C=O) groups excluding carboxylic acids is 1. The van der Waals surface area contributed by atoms with Gasteiger partial charge in [0, 0.05) is 11.4 Å². The molecule has 0 aliphatic heterocycles. The highest BCUT2D eigenvalue weighted by Gasteiger charge is 2.33. The van der Waals surface area contributed by atoms with Gasteiger partial charge < -0.3 is 11.1 Å². The number of aromatic nitrogens is 1. The van der Waals surface area contributed by atoms with Gasteiger partial charge in [0.1, 0.15) is 5.01 Å². The molecule has 0 saturated heterocycles. The molecule has 3 N–H and O–H groups in total. The van der Waals surface area contributed by atoms with E-state index >= 15 is 0 Å². The fourth-order valence-electron chi connectivity index (χ4n) is 1.97. The molecule has 2 rings (SSSR count). The van der Waals surface area contributed by atoms with Crippen molar-refractivity contribution < 1.29 is 18.0 Å². The molecule has 0 saturated carbocycles. The Morgan fingerprint density at radius 3 is 2.57 bits per heavy atom. The summed E-state index contributed by atoms with van der Waals surface area (Å²) in [4.78, 5) is 15.6. The first-order valence-corrected chi connectivity index (χ1v) is 7.77. The Bertz CT molecular complexity index is 657. The van der Waals surface area contributed by atoms with Crippen LogP contribution < -0.4 is 11.1 Å². The number of carbonyl (C=O) groups is 1. The Kier molecular flexibility index (Phi) is 5.38. The second kappa shape index (κ2) is 7.10. The van der Waals surface area contributed by atoms with Gasteiger partial charge in [0.2, 0.25) is 5.91 Å². The monoisotopic (exact) mass is 343 g/mol. The molecule has 23 heavy (non-hydrogen) atoms. The van der Waals surface area contributed by atoms with Gasteiger partial charge in [0.05, 0.1) is 12.5 Å². The summed E-state index contributed by atoms with van der Waals surface area (Å²) in [5.74, 6) is -0.843. The summed E-state index contributed by atoms with van der Waals surface area (Å²) in [5, 5.41) is 3.71. The lowest BCUT2D eigenvalue weighted by Crippen LogP contribution is -2.35. The van der Waals surface area contributed by atoms with Crippen molar-refractivity contribution in [2.45, 2.75) is 25.7 Å². The number of hydrogen-bond acceptors (Lipinski definition) is 4. The van der Waals surface area contributed by atoms with E-state index in [2.05, 4.69) is 10.3 Å². The maximum Gasteiger partial charge on any atom is 0.434 e. The highest BCUT2D eigenvalue weighted by molar-refractivity contribution is 7.09. The lowest BCUT2D eigenvalue weighted by Gasteiger charge is -2.19. The molecule has 8 heteroatoms. The Morgan fingerprint density at radius 1 is 1.35 bits per heavy atom. The van der Waals surface area contributed by atoms with Crippen LogP contribution in [-0.2, 0) is 17.5 Å². The number of halogens is 3. The molecular weight excluding hydrogens is 327 g/mol. The van der Waals surface area contributed by atoms with E-state index in [1.54, 1.807) is 6.92 Å². The number of amides is 1. The summed E-state index contributed by atoms with van der Waals surface area (Å²) in [6.07, 6.45) is -4.47. The predicted octanol–water partition coefficient (Wildman–Crippen LogP) is 3.11. The van der Waals surface area contributed by atoms with Crippen LogP contribution in [-0.4, -0.2) is 10.9 Å². The van der Waals surface area contributed by atoms with Crippen LogP contribution in [0, 0.1) is 5.92 Å². The van der Waals surface area contributed by atoms with Crippen LogP contribution in [0.3, 0.4) is 0 Å². The van der Waals surface area contributed by atoms with Crippen LogP contribution in [0.15, 0.2) is 35.7 Å². The summed E-state index contributed by atoms with van der Waals surface area (Å²) >= 11 is 0.858. The Hall–Kier alpha value is -1.93. The Morgan fingerprint density at radius 2 is 2.00 bits per heavy atom. The first-order chi connectivity index (χ1) is 10.8. The van der Waals surface area contributed by atoms with Gasteiger partial charge in [0.15, 0.2) is 5.69 Å². The third-order valence-corrected chi connectivity index (χ3v) is 4.24. The zero-order valence-electron chi connectivity index (χ0n) is 12.3. The Balaban J connectivity index is 1.93. The molecule has 0 radical (unpaired) electrons. The number of nitrogens with one attached hydrogen (secondary N) is 1. The van der Waals surface area contributed by atoms with E-state index in [9.17, 15) is 18.0 Å². The van der Waals surface area contributed by atoms with Crippen molar-refractivity contribution in [1.29, 1.82) is 0 Å². The van der Waals surface area contributed by atoms with Crippen LogP contribution in [0.2, 0.25) is 0 Å². The van der Waals surface area contributed by atoms with Crippen LogP contribution in [0.5, 0.6) is 0 Å². The molecule has 1 aromatic heterocycles. The molecule has 0 fully saturated rings. The zero-order chi connectivity index (χ0) is 17.0. The first kappa shape index (κ1) is 17.4. The standard InChI is InChI=1S/C15H16F3N3OS/c1-9(13(19)10-5-3-2-4-6-10)14(22)20-7-12-21-11(8-23-12)15(16,17)18/h2-6,8-9,13H,7,19H2,1H3,(H,20,22). The maximum atomic E-state index is 12.5. The third kappa shape index (κ3) is 4.52. The number of hydrogen-bond donors (Lipinski definition) is 2. The van der Waals surface area contributed by atoms with Gasteiger partial charge >= 0.3 is 6.18 Å². The molecule has 124 valence electrons. The smallest absolute Gasteiger partial charge is 0.349 e. The summed E-state index contributed by atoms with van der Waals surface area (Å²) in [6.45, 7) is 1.63. The average Bonchev–Trinajstić information content (AvgIpc) is 3.01. The quantitative estimate of drug-likeness (QED) is 0.876. The van der Waals surface area contributed by atoms with Gasteiger partial charge in [-0.1, -0.05) is 37.3 Å². The van der Waals surface area contributed by atoms with Crippen LogP contribution in [0.25, 0.3) is 0 Å². The normalized spacial score (nSPS) is 14.3. The average molecular weight is 343 g/mol. The third-order valence-electron chi connectivity index (χ3n) is 3.39. The molecule has 0 bridgehead atoms. The van der Waals surface area contributed by atoms with E-state index in [1.807, 2.05) is 30.3 Å². The fraction of sp³-hybridized carbons (Fsp3) is 0.333. The van der Waals surface area contributed by atoms with Gasteiger partial charge in [-0.05, 0) is 5.56 Å². The number of rotatable bonds is 5. The SMILES string of the molecule is CC(C(=O)NCc1nc(C(F)(F)F)cs1)C(N)c1ccccc1. The van der Waals surface area contributed by atoms with Crippen molar-refractivity contribution in [1.82, 2.24) is 10.3 Å². The number of benzene rings is 1. The minimum atomic E-state index is -4.47. The number of nitrogens with zero attached hydrogens (tertiary/aromatic N) is 1. The van der Waals surface area contributed by atoms with E-state index in [-0.39, 0.29) is 17.5 Å². The van der Waals surface area contributed by atoms with Crippen molar-refractivity contribution in [3.63, 3.8) is 0 Å². The molecule has 1 amide bonds. The van der Waals surface area contributed by atoms with Gasteiger partial charge in [-0.2, -0.15) is 13.2 Å². The lowest BCUT2D eigenvalue weighted by atomic mass is 9.95. The van der Waals surface area contributed by atoms with Crippen molar-refractivity contribution in [3.05, 3.63) is 52.0 Å². The summed E-state index contributed by atoms with van der Waals surface area (Å²) in [5.41, 5.74) is 5.93. The molecular formula is C15H16F3N3OS. The van der Waals surface area contributed by atoms with Gasteiger partial charge in [0.25, 0.3) is 0 Å². The van der Waals surface area contributed by atoms with Crippen molar-refractivity contribution in [2.24, 2.45) is 11.7 Å². The van der Waals surface area contributed by atoms with Crippen LogP contribution in [0.1, 0.15) is 29.2 Å².